The molecule has 0 radical (unpaired) electrons. The third kappa shape index (κ3) is 1.80. The maximum atomic E-state index is 11.0. The van der Waals surface area contributed by atoms with Crippen molar-refractivity contribution in [3.8, 4) is 0 Å². The zero-order valence-electron chi connectivity index (χ0n) is 9.37. The summed E-state index contributed by atoms with van der Waals surface area (Å²) in [6.45, 7) is 0. The van der Waals surface area contributed by atoms with Crippen molar-refractivity contribution in [1.82, 2.24) is 0 Å². The van der Waals surface area contributed by atoms with Gasteiger partial charge in [0.1, 0.15) is 6.10 Å². The largest absolute Gasteiger partial charge is 0.366 e. The monoisotopic (exact) mass is 230 g/mol. The predicted octanol–water partition coefficient (Wildman–Crippen LogP) is 1.62. The molecule has 2 atom stereocenters. The van der Waals surface area contributed by atoms with Gasteiger partial charge in [-0.15, -0.1) is 0 Å². The molecular formula is C13H14N2O2. The average Bonchev–Trinajstić information content (AvgIpc) is 2.40. The highest BCUT2D eigenvalue weighted by atomic mass is 16.7. The molecule has 0 spiro atoms. The molecule has 2 aliphatic heterocycles. The fraction of sp³-hybridized carbons (Fsp3) is 0.308. The number of rotatable bonds is 2. The highest BCUT2D eigenvalue weighted by Gasteiger charge is 2.31. The van der Waals surface area contributed by atoms with Gasteiger partial charge in [-0.2, -0.15) is 0 Å². The van der Waals surface area contributed by atoms with Gasteiger partial charge in [-0.3, -0.25) is 9.63 Å². The Kier molecular flexibility index (Phi) is 2.37. The second-order valence-electron chi connectivity index (χ2n) is 4.41. The number of hydrogen-bond acceptors (Lipinski definition) is 3. The number of primary amides is 1. The van der Waals surface area contributed by atoms with Crippen molar-refractivity contribution in [3.63, 3.8) is 0 Å². The minimum absolute atomic E-state index is 0.191. The highest BCUT2D eigenvalue weighted by Crippen LogP contribution is 2.31. The molecule has 1 saturated heterocycles. The van der Waals surface area contributed by atoms with Crippen LogP contribution in [-0.4, -0.2) is 18.1 Å². The molecule has 4 rings (SSSR count). The first kappa shape index (κ1) is 10.4. The van der Waals surface area contributed by atoms with Gasteiger partial charge in [0.25, 0.3) is 0 Å². The van der Waals surface area contributed by atoms with Gasteiger partial charge >= 0.3 is 0 Å². The molecule has 3 aliphatic rings. The number of nitrogens with zero attached hydrogens (tertiary/aromatic N) is 1. The Hall–Kier alpha value is -1.81. The lowest BCUT2D eigenvalue weighted by atomic mass is 9.98. The smallest absolute Gasteiger partial charge is 0.248 e. The number of anilines is 1. The molecule has 1 aromatic carbocycles. The summed E-state index contributed by atoms with van der Waals surface area (Å²) in [5.41, 5.74) is 6.69. The maximum absolute atomic E-state index is 11.0. The minimum Gasteiger partial charge on any atom is -0.366 e. The molecule has 4 heteroatoms. The number of carbonyl (C=O) groups excluding carboxylic acids is 1. The molecule has 1 aliphatic carbocycles. The van der Waals surface area contributed by atoms with Crippen molar-refractivity contribution >= 4 is 11.6 Å². The molecule has 4 nitrogen and oxygen atoms in total. The summed E-state index contributed by atoms with van der Waals surface area (Å²) < 4.78 is 0. The van der Waals surface area contributed by atoms with Crippen LogP contribution in [0.25, 0.3) is 0 Å². The van der Waals surface area contributed by atoms with E-state index in [0.717, 1.165) is 18.5 Å². The lowest BCUT2D eigenvalue weighted by Gasteiger charge is -2.41. The molecule has 1 amide bonds. The van der Waals surface area contributed by atoms with Gasteiger partial charge < -0.3 is 5.73 Å². The summed E-state index contributed by atoms with van der Waals surface area (Å²) in [7, 11) is 0. The third-order valence-electron chi connectivity index (χ3n) is 3.25. The molecule has 0 aromatic heterocycles. The van der Waals surface area contributed by atoms with E-state index in [1.54, 1.807) is 12.1 Å². The van der Waals surface area contributed by atoms with Crippen LogP contribution in [0.4, 0.5) is 5.69 Å². The summed E-state index contributed by atoms with van der Waals surface area (Å²) in [5.74, 6) is -0.405. The van der Waals surface area contributed by atoms with E-state index in [2.05, 4.69) is 12.2 Å². The number of amides is 1. The van der Waals surface area contributed by atoms with Crippen LogP contribution in [0.15, 0.2) is 36.4 Å². The summed E-state index contributed by atoms with van der Waals surface area (Å²) in [6, 6.07) is 7.50. The molecule has 2 bridgehead atoms. The number of carbonyl (C=O) groups is 1. The van der Waals surface area contributed by atoms with Crippen LogP contribution >= 0.6 is 0 Å². The zero-order chi connectivity index (χ0) is 11.8. The number of benzene rings is 1. The van der Waals surface area contributed by atoms with Gasteiger partial charge in [0.2, 0.25) is 5.91 Å². The van der Waals surface area contributed by atoms with Crippen LogP contribution in [0, 0.1) is 0 Å². The van der Waals surface area contributed by atoms with Crippen molar-refractivity contribution in [3.05, 3.63) is 42.0 Å². The summed E-state index contributed by atoms with van der Waals surface area (Å²) in [4.78, 5) is 16.8. The van der Waals surface area contributed by atoms with E-state index in [9.17, 15) is 4.79 Å². The average molecular weight is 230 g/mol. The molecule has 2 N–H and O–H groups in total. The molecular weight excluding hydrogens is 216 g/mol. The Morgan fingerprint density at radius 3 is 2.47 bits per heavy atom. The summed E-state index contributed by atoms with van der Waals surface area (Å²) in [5, 5.41) is 1.92. The third-order valence-corrected chi connectivity index (χ3v) is 3.25. The lowest BCUT2D eigenvalue weighted by molar-refractivity contribution is 0.00352. The first-order valence-corrected chi connectivity index (χ1v) is 5.78. The zero-order valence-corrected chi connectivity index (χ0v) is 9.37. The van der Waals surface area contributed by atoms with Crippen LogP contribution in [0.3, 0.4) is 0 Å². The Balaban J connectivity index is 1.85. The standard InChI is InChI=1S/C13H14N2O2/c14-13(16)9-1-3-10(4-2-9)15-11-5-7-12(17-15)8-6-11/h1-5,7,11-12H,6,8H2,(H2,14,16)/t11-,12+/m1/s1. The topological polar surface area (TPSA) is 55.6 Å². The fourth-order valence-corrected chi connectivity index (χ4v) is 2.31. The van der Waals surface area contributed by atoms with E-state index < -0.39 is 5.91 Å². The lowest BCUT2D eigenvalue weighted by Crippen LogP contribution is -2.45. The predicted molar refractivity (Wildman–Crippen MR) is 64.5 cm³/mol. The second kappa shape index (κ2) is 3.89. The highest BCUT2D eigenvalue weighted by molar-refractivity contribution is 5.93. The van der Waals surface area contributed by atoms with Gasteiger partial charge in [-0.1, -0.05) is 12.2 Å². The molecule has 17 heavy (non-hydrogen) atoms. The van der Waals surface area contributed by atoms with Crippen molar-refractivity contribution in [2.24, 2.45) is 5.73 Å². The van der Waals surface area contributed by atoms with Crippen molar-refractivity contribution < 1.29 is 9.63 Å². The van der Waals surface area contributed by atoms with Crippen LogP contribution in [-0.2, 0) is 4.84 Å². The summed E-state index contributed by atoms with van der Waals surface area (Å²) in [6.07, 6.45) is 6.67. The van der Waals surface area contributed by atoms with Gasteiger partial charge in [-0.05, 0) is 37.1 Å². The Bertz CT molecular complexity index is 467. The molecule has 1 fully saturated rings. The number of hydroxylamine groups is 1. The summed E-state index contributed by atoms with van der Waals surface area (Å²) >= 11 is 0. The van der Waals surface area contributed by atoms with Crippen LogP contribution in [0.2, 0.25) is 0 Å². The molecule has 0 saturated carbocycles. The first-order valence-electron chi connectivity index (χ1n) is 5.78. The van der Waals surface area contributed by atoms with Gasteiger partial charge in [-0.25, -0.2) is 5.06 Å². The van der Waals surface area contributed by atoms with Gasteiger partial charge in [0.15, 0.2) is 0 Å². The molecule has 2 heterocycles. The first-order chi connectivity index (χ1) is 8.24. The van der Waals surface area contributed by atoms with Crippen LogP contribution in [0.1, 0.15) is 23.2 Å². The molecule has 1 aromatic rings. The number of hydrogen-bond donors (Lipinski definition) is 1. The normalized spacial score (nSPS) is 26.2. The number of nitrogens with two attached hydrogens (primary N) is 1. The quantitative estimate of drug-likeness (QED) is 0.785. The van der Waals surface area contributed by atoms with E-state index >= 15 is 0 Å². The van der Waals surface area contributed by atoms with E-state index in [0.29, 0.717) is 11.6 Å². The second-order valence-corrected chi connectivity index (χ2v) is 4.41. The van der Waals surface area contributed by atoms with E-state index in [-0.39, 0.29) is 6.10 Å². The van der Waals surface area contributed by atoms with Crippen molar-refractivity contribution in [1.29, 1.82) is 0 Å². The Morgan fingerprint density at radius 2 is 2.00 bits per heavy atom. The Labute approximate surface area is 99.6 Å². The van der Waals surface area contributed by atoms with E-state index in [1.165, 1.54) is 0 Å². The van der Waals surface area contributed by atoms with Gasteiger partial charge in [0.05, 0.1) is 11.7 Å². The number of fused-ring (bicyclic) bond motifs is 2. The fourth-order valence-electron chi connectivity index (χ4n) is 2.31. The maximum Gasteiger partial charge on any atom is 0.248 e. The molecule has 0 unspecified atom stereocenters. The molecule has 88 valence electrons. The van der Waals surface area contributed by atoms with Crippen molar-refractivity contribution in [2.45, 2.75) is 25.0 Å². The van der Waals surface area contributed by atoms with E-state index in [4.69, 9.17) is 10.6 Å². The van der Waals surface area contributed by atoms with Gasteiger partial charge in [0, 0.05) is 5.56 Å². The van der Waals surface area contributed by atoms with E-state index in [1.807, 2.05) is 17.2 Å². The van der Waals surface area contributed by atoms with Crippen LogP contribution < -0.4 is 10.8 Å². The minimum atomic E-state index is -0.405. The van der Waals surface area contributed by atoms with Crippen molar-refractivity contribution in [2.75, 3.05) is 5.06 Å². The van der Waals surface area contributed by atoms with Crippen LogP contribution in [0.5, 0.6) is 0 Å². The SMILES string of the molecule is NC(=O)c1ccc(N2O[C@H]3C=C[C@@H]2CC3)cc1. The Morgan fingerprint density at radius 1 is 1.24 bits per heavy atom.